The van der Waals surface area contributed by atoms with E-state index in [-0.39, 0.29) is 6.61 Å². The van der Waals surface area contributed by atoms with Crippen molar-refractivity contribution >= 4 is 24.7 Å². The topological polar surface area (TPSA) is 171 Å². The van der Waals surface area contributed by atoms with Crippen LogP contribution in [0.4, 0.5) is 0 Å². The van der Waals surface area contributed by atoms with Gasteiger partial charge in [0.05, 0.1) is 44.7 Å². The van der Waals surface area contributed by atoms with E-state index in [0.717, 1.165) is 48.9 Å². The molecule has 8 atom stereocenters. The van der Waals surface area contributed by atoms with Gasteiger partial charge in [0.15, 0.2) is 12.4 Å². The summed E-state index contributed by atoms with van der Waals surface area (Å²) in [6.07, 6.45) is -0.382. The summed E-state index contributed by atoms with van der Waals surface area (Å²) in [5.41, 5.74) is 9.53. The number of unbranched alkanes of at least 4 members (excludes halogenated alkanes) is 3. The molecular weight excluding hydrogens is 735 g/mol. The monoisotopic (exact) mass is 801 g/mol. The van der Waals surface area contributed by atoms with Gasteiger partial charge >= 0.3 is 5.97 Å². The molecule has 1 fully saturated rings. The van der Waals surface area contributed by atoms with Crippen LogP contribution in [0.15, 0.2) is 65.8 Å². The van der Waals surface area contributed by atoms with Crippen LogP contribution in [0.5, 0.6) is 0 Å². The first-order chi connectivity index (χ1) is 27.0. The minimum atomic E-state index is -3.37. The Hall–Kier alpha value is -2.88. The first kappa shape index (κ1) is 47.5. The molecule has 1 aliphatic heterocycles. The molecule has 1 saturated heterocycles. The van der Waals surface area contributed by atoms with Crippen molar-refractivity contribution < 1.29 is 47.9 Å². The fraction of sp³-hybridized carbons (Fsp3) is 0.690. The molecular formula is C42H67N3O10Si. The lowest BCUT2D eigenvalue weighted by Crippen LogP contribution is -2.65. The molecule has 0 saturated carbocycles. The second-order valence-corrected chi connectivity index (χ2v) is 19.0. The summed E-state index contributed by atoms with van der Waals surface area (Å²) in [6.45, 7) is 12.8. The van der Waals surface area contributed by atoms with E-state index in [9.17, 15) is 20.2 Å². The third-order valence-electron chi connectivity index (χ3n) is 10.6. The minimum Gasteiger partial charge on any atom is -0.467 e. The highest BCUT2D eigenvalue weighted by molar-refractivity contribution is 6.98. The van der Waals surface area contributed by atoms with E-state index in [4.69, 9.17) is 33.2 Å². The summed E-state index contributed by atoms with van der Waals surface area (Å²) in [6, 6.07) is 18.9. The number of esters is 1. The molecule has 0 aromatic heterocycles. The van der Waals surface area contributed by atoms with Gasteiger partial charge in [-0.15, -0.1) is 0 Å². The molecule has 2 N–H and O–H groups in total. The lowest BCUT2D eigenvalue weighted by atomic mass is 9.92. The van der Waals surface area contributed by atoms with Crippen molar-refractivity contribution in [1.29, 1.82) is 0 Å². The van der Waals surface area contributed by atoms with E-state index in [1.54, 1.807) is 0 Å². The molecule has 0 aliphatic carbocycles. The van der Waals surface area contributed by atoms with Crippen molar-refractivity contribution in [2.24, 2.45) is 5.11 Å². The van der Waals surface area contributed by atoms with E-state index in [2.05, 4.69) is 37.7 Å². The molecule has 1 aliphatic rings. The van der Waals surface area contributed by atoms with Crippen LogP contribution in [0.25, 0.3) is 10.4 Å². The summed E-state index contributed by atoms with van der Waals surface area (Å²) in [5, 5.41) is 16.0. The van der Waals surface area contributed by atoms with Crippen LogP contribution in [0, 0.1) is 0 Å². The highest BCUT2D eigenvalue weighted by Crippen LogP contribution is 2.42. The molecule has 14 heteroatoms. The van der Waals surface area contributed by atoms with E-state index >= 15 is 0 Å². The summed E-state index contributed by atoms with van der Waals surface area (Å²) in [5.74, 6) is -0.702. The molecule has 314 valence electrons. The van der Waals surface area contributed by atoms with Gasteiger partial charge in [-0.2, -0.15) is 0 Å². The van der Waals surface area contributed by atoms with Crippen LogP contribution in [0.1, 0.15) is 92.9 Å². The Kier molecular flexibility index (Phi) is 21.0. The van der Waals surface area contributed by atoms with E-state index < -0.39 is 74.9 Å². The van der Waals surface area contributed by atoms with Crippen molar-refractivity contribution in [2.75, 3.05) is 40.1 Å². The number of carbonyl (C=O) groups excluding carboxylic acids is 1. The molecule has 1 heterocycles. The van der Waals surface area contributed by atoms with E-state index in [0.29, 0.717) is 32.7 Å². The van der Waals surface area contributed by atoms with Crippen LogP contribution in [-0.2, 0) is 38.0 Å². The third-order valence-corrected chi connectivity index (χ3v) is 15.2. The number of carbonyl (C=O) groups is 1. The summed E-state index contributed by atoms with van der Waals surface area (Å²) in [7, 11) is -2.10. The molecule has 2 aromatic carbocycles. The smallest absolute Gasteiger partial charge is 0.337 e. The molecule has 0 bridgehead atoms. The van der Waals surface area contributed by atoms with E-state index in [1.807, 2.05) is 74.5 Å². The van der Waals surface area contributed by atoms with Gasteiger partial charge < -0.3 is 43.1 Å². The second kappa shape index (κ2) is 24.8. The summed E-state index contributed by atoms with van der Waals surface area (Å²) >= 11 is 0. The zero-order valence-corrected chi connectivity index (χ0v) is 35.6. The maximum atomic E-state index is 13.4. The maximum absolute atomic E-state index is 13.4. The van der Waals surface area contributed by atoms with Gasteiger partial charge in [-0.25, -0.2) is 4.79 Å². The Bertz CT molecular complexity index is 1390. The fourth-order valence-corrected chi connectivity index (χ4v) is 10.9. The zero-order chi connectivity index (χ0) is 41.0. The van der Waals surface area contributed by atoms with Crippen molar-refractivity contribution in [1.82, 2.24) is 0 Å². The van der Waals surface area contributed by atoms with E-state index in [1.165, 1.54) is 7.11 Å². The lowest BCUT2D eigenvalue weighted by Gasteiger charge is -2.45. The lowest BCUT2D eigenvalue weighted by molar-refractivity contribution is -0.280. The Morgan fingerprint density at radius 3 is 2.05 bits per heavy atom. The first-order valence-electron chi connectivity index (χ1n) is 20.4. The maximum Gasteiger partial charge on any atom is 0.337 e. The van der Waals surface area contributed by atoms with Gasteiger partial charge in [-0.1, -0.05) is 120 Å². The summed E-state index contributed by atoms with van der Waals surface area (Å²) in [4.78, 5) is 29.3. The first-order valence-corrected chi connectivity index (χ1v) is 22.3. The predicted octanol–water partition coefficient (Wildman–Crippen LogP) is 6.21. The van der Waals surface area contributed by atoms with Crippen LogP contribution < -0.4 is 10.4 Å². The molecule has 0 spiro atoms. The number of ether oxygens (including phenoxy) is 7. The third kappa shape index (κ3) is 13.1. The average molecular weight is 802 g/mol. The van der Waals surface area contributed by atoms with Crippen molar-refractivity contribution in [3.63, 3.8) is 0 Å². The van der Waals surface area contributed by atoms with Gasteiger partial charge in [-0.05, 0) is 60.0 Å². The summed E-state index contributed by atoms with van der Waals surface area (Å²) < 4.78 is 43.2. The molecule has 3 rings (SSSR count). The zero-order valence-electron chi connectivity index (χ0n) is 34.6. The predicted molar refractivity (Wildman–Crippen MR) is 218 cm³/mol. The average Bonchev–Trinajstić information content (AvgIpc) is 3.21. The quantitative estimate of drug-likeness (QED) is 0.0201. The largest absolute Gasteiger partial charge is 0.467 e. The Morgan fingerprint density at radius 1 is 0.946 bits per heavy atom. The van der Waals surface area contributed by atoms with Crippen LogP contribution in [0.3, 0.4) is 0 Å². The van der Waals surface area contributed by atoms with Gasteiger partial charge in [0, 0.05) is 24.7 Å². The van der Waals surface area contributed by atoms with Gasteiger partial charge in [0.25, 0.3) is 8.32 Å². The number of methoxy groups -OCH3 is 1. The highest BCUT2D eigenvalue weighted by atomic mass is 28.4. The van der Waals surface area contributed by atoms with Gasteiger partial charge in [0.2, 0.25) is 0 Å². The van der Waals surface area contributed by atoms with Crippen molar-refractivity contribution in [2.45, 2.75) is 147 Å². The minimum absolute atomic E-state index is 0.0836. The number of benzene rings is 2. The Labute approximate surface area is 335 Å². The Balaban J connectivity index is 2.00. The van der Waals surface area contributed by atoms with Gasteiger partial charge in [0.1, 0.15) is 12.2 Å². The standard InChI is InChI=1S/C42H67N3O10Si/c1-8-11-26-50-31(4)37(51-27-12-9-2)40(41(47)49-7)55-36(29-46)54-39-35(53-30-34(44-45-43)38(39)52-28-13-10-3)24-25-42(5,6)56(48,32-20-16-14-17-21-32)33-22-18-15-19-23-33/h14-23,31,34-40,46,48H,8-13,24-30H2,1-7H3/t31-,34+,35?,36?,37-,38?,39+,40?/m0/s1. The number of azide groups is 1. The van der Waals surface area contributed by atoms with Crippen LogP contribution >= 0.6 is 0 Å². The van der Waals surface area contributed by atoms with Crippen molar-refractivity contribution in [3.8, 4) is 0 Å². The Morgan fingerprint density at radius 2 is 1.52 bits per heavy atom. The normalized spacial score (nSPS) is 21.1. The second-order valence-electron chi connectivity index (χ2n) is 15.1. The number of aliphatic hydroxyl groups is 1. The molecule has 4 unspecified atom stereocenters. The number of nitrogens with zero attached hydrogens (tertiary/aromatic N) is 3. The van der Waals surface area contributed by atoms with Crippen LogP contribution in [-0.4, -0.2) is 113 Å². The fourth-order valence-electron chi connectivity index (χ4n) is 7.16. The van der Waals surface area contributed by atoms with Crippen LogP contribution in [0.2, 0.25) is 5.04 Å². The molecule has 0 amide bonds. The molecule has 13 nitrogen and oxygen atoms in total. The number of hydrogen-bond donors (Lipinski definition) is 2. The number of hydrogen-bond acceptors (Lipinski definition) is 11. The number of aliphatic hydroxyl groups excluding tert-OH is 1. The SMILES string of the molecule is CCCCOC1[C@H](OC(CO)OC(C(=O)OC)[C@@H](OCCCC)[C@H](C)OCCCC)C(CCC(C)(C)[Si](O)(c2ccccc2)c2ccccc2)OC[C@H]1N=[N+]=[N-]. The molecule has 56 heavy (non-hydrogen) atoms. The molecule has 0 radical (unpaired) electrons. The number of rotatable bonds is 27. The molecule has 2 aromatic rings. The van der Waals surface area contributed by atoms with Crippen molar-refractivity contribution in [3.05, 3.63) is 71.1 Å². The van der Waals surface area contributed by atoms with Gasteiger partial charge in [-0.3, -0.25) is 0 Å². The highest BCUT2D eigenvalue weighted by Gasteiger charge is 2.51.